The van der Waals surface area contributed by atoms with Gasteiger partial charge in [0, 0.05) is 18.4 Å². The summed E-state index contributed by atoms with van der Waals surface area (Å²) in [7, 11) is 0. The number of allylic oxidation sites excluding steroid dienone is 4. The molecule has 0 aromatic rings. The number of hydrogen-bond donors (Lipinski definition) is 2. The van der Waals surface area contributed by atoms with Gasteiger partial charge in [0.1, 0.15) is 0 Å². The van der Waals surface area contributed by atoms with Crippen molar-refractivity contribution in [2.45, 2.75) is 19.3 Å². The highest BCUT2D eigenvalue weighted by atomic mass is 16.4. The fourth-order valence-electron chi connectivity index (χ4n) is 1.90. The standard InChI is InChI=1S/C11H14N2O2/c14-11(15)13-8-4-2-6-10(13)9-5-1-3-7-12-9/h1,3,5,7,12H,2,4,6,8H2,(H,14,15). The van der Waals surface area contributed by atoms with E-state index >= 15 is 0 Å². The van der Waals surface area contributed by atoms with Crippen molar-refractivity contribution in [1.82, 2.24) is 10.2 Å². The van der Waals surface area contributed by atoms with Gasteiger partial charge in [0.05, 0.1) is 5.70 Å². The SMILES string of the molecule is O=C(O)N1CCCCC1=C1C=CC=CN1. The minimum atomic E-state index is -0.859. The van der Waals surface area contributed by atoms with Gasteiger partial charge in [-0.05, 0) is 31.4 Å². The van der Waals surface area contributed by atoms with Crippen LogP contribution in [0.2, 0.25) is 0 Å². The van der Waals surface area contributed by atoms with Gasteiger partial charge in [0.25, 0.3) is 0 Å². The number of rotatable bonds is 0. The van der Waals surface area contributed by atoms with E-state index in [0.29, 0.717) is 6.54 Å². The molecule has 0 aromatic heterocycles. The summed E-state index contributed by atoms with van der Waals surface area (Å²) in [6.07, 6.45) is 9.50. The Morgan fingerprint density at radius 3 is 2.93 bits per heavy atom. The molecule has 0 spiro atoms. The van der Waals surface area contributed by atoms with Crippen LogP contribution in [0.4, 0.5) is 4.79 Å². The fraction of sp³-hybridized carbons (Fsp3) is 0.364. The lowest BCUT2D eigenvalue weighted by Gasteiger charge is -2.29. The molecule has 80 valence electrons. The molecule has 0 aromatic carbocycles. The summed E-state index contributed by atoms with van der Waals surface area (Å²) in [5, 5.41) is 12.1. The second-order valence-electron chi connectivity index (χ2n) is 3.61. The van der Waals surface area contributed by atoms with Gasteiger partial charge < -0.3 is 10.4 Å². The minimum Gasteiger partial charge on any atom is -0.465 e. The van der Waals surface area contributed by atoms with Crippen molar-refractivity contribution in [2.24, 2.45) is 0 Å². The number of carbonyl (C=O) groups is 1. The molecule has 4 heteroatoms. The Bertz CT molecular complexity index is 356. The summed E-state index contributed by atoms with van der Waals surface area (Å²) in [6, 6.07) is 0. The molecule has 2 rings (SSSR count). The number of amides is 1. The van der Waals surface area contributed by atoms with Crippen LogP contribution in [0.25, 0.3) is 0 Å². The molecule has 0 unspecified atom stereocenters. The van der Waals surface area contributed by atoms with Gasteiger partial charge in [-0.2, -0.15) is 0 Å². The summed E-state index contributed by atoms with van der Waals surface area (Å²) >= 11 is 0. The molecule has 2 aliphatic rings. The van der Waals surface area contributed by atoms with Crippen LogP contribution in [0.5, 0.6) is 0 Å². The van der Waals surface area contributed by atoms with E-state index in [-0.39, 0.29) is 0 Å². The van der Waals surface area contributed by atoms with Crippen LogP contribution in [0.3, 0.4) is 0 Å². The summed E-state index contributed by atoms with van der Waals surface area (Å²) in [6.45, 7) is 0.605. The fourth-order valence-corrected chi connectivity index (χ4v) is 1.90. The molecule has 0 bridgehead atoms. The molecule has 1 amide bonds. The molecule has 15 heavy (non-hydrogen) atoms. The van der Waals surface area contributed by atoms with Crippen molar-refractivity contribution in [3.8, 4) is 0 Å². The Balaban J connectivity index is 2.27. The Labute approximate surface area is 88.6 Å². The summed E-state index contributed by atoms with van der Waals surface area (Å²) < 4.78 is 0. The number of piperidine rings is 1. The topological polar surface area (TPSA) is 52.6 Å². The molecule has 1 saturated heterocycles. The van der Waals surface area contributed by atoms with E-state index < -0.39 is 6.09 Å². The smallest absolute Gasteiger partial charge is 0.411 e. The van der Waals surface area contributed by atoms with Crippen molar-refractivity contribution < 1.29 is 9.90 Å². The molecular formula is C11H14N2O2. The quantitative estimate of drug-likeness (QED) is 0.637. The van der Waals surface area contributed by atoms with Crippen LogP contribution in [-0.2, 0) is 0 Å². The zero-order chi connectivity index (χ0) is 10.7. The van der Waals surface area contributed by atoms with Gasteiger partial charge in [0.15, 0.2) is 0 Å². The second-order valence-corrected chi connectivity index (χ2v) is 3.61. The van der Waals surface area contributed by atoms with Crippen LogP contribution in [0.1, 0.15) is 19.3 Å². The predicted octanol–water partition coefficient (Wildman–Crippen LogP) is 2.04. The van der Waals surface area contributed by atoms with E-state index in [1.807, 2.05) is 24.4 Å². The van der Waals surface area contributed by atoms with Crippen LogP contribution in [0, 0.1) is 0 Å². The Morgan fingerprint density at radius 1 is 1.40 bits per heavy atom. The minimum absolute atomic E-state index is 0.605. The summed E-state index contributed by atoms with van der Waals surface area (Å²) in [4.78, 5) is 12.5. The number of carboxylic acid groups (broad SMARTS) is 1. The normalized spacial score (nSPS) is 25.2. The number of dihydropyridines is 1. The molecule has 0 atom stereocenters. The first-order valence-electron chi connectivity index (χ1n) is 5.12. The Kier molecular flexibility index (Phi) is 2.76. The molecule has 0 radical (unpaired) electrons. The third-order valence-electron chi connectivity index (χ3n) is 2.62. The number of nitrogens with one attached hydrogen (secondary N) is 1. The molecule has 4 nitrogen and oxygen atoms in total. The molecular weight excluding hydrogens is 192 g/mol. The molecule has 0 saturated carbocycles. The Hall–Kier alpha value is -1.71. The molecule has 2 heterocycles. The lowest BCUT2D eigenvalue weighted by molar-refractivity contribution is 0.150. The van der Waals surface area contributed by atoms with Crippen LogP contribution < -0.4 is 5.32 Å². The van der Waals surface area contributed by atoms with Gasteiger partial charge in [0.2, 0.25) is 0 Å². The lowest BCUT2D eigenvalue weighted by Crippen LogP contribution is -2.35. The number of likely N-dealkylation sites (tertiary alicyclic amines) is 1. The van der Waals surface area contributed by atoms with E-state index in [0.717, 1.165) is 30.7 Å². The molecule has 2 aliphatic heterocycles. The summed E-state index contributed by atoms with van der Waals surface area (Å²) in [5.41, 5.74) is 1.79. The summed E-state index contributed by atoms with van der Waals surface area (Å²) in [5.74, 6) is 0. The van der Waals surface area contributed by atoms with Gasteiger partial charge in [-0.15, -0.1) is 0 Å². The highest BCUT2D eigenvalue weighted by Gasteiger charge is 2.23. The molecule has 0 aliphatic carbocycles. The van der Waals surface area contributed by atoms with Crippen LogP contribution in [0.15, 0.2) is 35.8 Å². The van der Waals surface area contributed by atoms with Crippen LogP contribution in [-0.4, -0.2) is 22.6 Å². The predicted molar refractivity (Wildman–Crippen MR) is 57.0 cm³/mol. The maximum Gasteiger partial charge on any atom is 0.411 e. The second kappa shape index (κ2) is 4.21. The zero-order valence-electron chi connectivity index (χ0n) is 8.44. The largest absolute Gasteiger partial charge is 0.465 e. The third-order valence-corrected chi connectivity index (χ3v) is 2.62. The van der Waals surface area contributed by atoms with Crippen molar-refractivity contribution in [1.29, 1.82) is 0 Å². The van der Waals surface area contributed by atoms with Gasteiger partial charge in [-0.25, -0.2) is 4.79 Å². The monoisotopic (exact) mass is 206 g/mol. The number of nitrogens with zero attached hydrogens (tertiary/aromatic N) is 1. The maximum absolute atomic E-state index is 11.0. The van der Waals surface area contributed by atoms with Crippen molar-refractivity contribution >= 4 is 6.09 Å². The van der Waals surface area contributed by atoms with E-state index in [1.165, 1.54) is 4.90 Å². The molecule has 2 N–H and O–H groups in total. The first kappa shape index (κ1) is 9.83. The zero-order valence-corrected chi connectivity index (χ0v) is 8.44. The van der Waals surface area contributed by atoms with E-state index in [1.54, 1.807) is 0 Å². The van der Waals surface area contributed by atoms with Crippen molar-refractivity contribution in [3.63, 3.8) is 0 Å². The van der Waals surface area contributed by atoms with Gasteiger partial charge in [-0.3, -0.25) is 4.90 Å². The third kappa shape index (κ3) is 2.03. The average Bonchev–Trinajstić information content (AvgIpc) is 2.30. The van der Waals surface area contributed by atoms with E-state index in [2.05, 4.69) is 5.32 Å². The first-order valence-corrected chi connectivity index (χ1v) is 5.12. The lowest BCUT2D eigenvalue weighted by atomic mass is 10.1. The molecule has 1 fully saturated rings. The highest BCUT2D eigenvalue weighted by Crippen LogP contribution is 2.24. The van der Waals surface area contributed by atoms with Crippen molar-refractivity contribution in [3.05, 3.63) is 35.8 Å². The maximum atomic E-state index is 11.0. The number of hydrogen-bond acceptors (Lipinski definition) is 2. The Morgan fingerprint density at radius 2 is 2.27 bits per heavy atom. The van der Waals surface area contributed by atoms with Gasteiger partial charge >= 0.3 is 6.09 Å². The van der Waals surface area contributed by atoms with E-state index in [9.17, 15) is 4.79 Å². The first-order chi connectivity index (χ1) is 7.29. The van der Waals surface area contributed by atoms with Crippen molar-refractivity contribution in [2.75, 3.05) is 6.54 Å². The van der Waals surface area contributed by atoms with Crippen LogP contribution >= 0.6 is 0 Å². The van der Waals surface area contributed by atoms with E-state index in [4.69, 9.17) is 5.11 Å². The van der Waals surface area contributed by atoms with Gasteiger partial charge in [-0.1, -0.05) is 6.08 Å². The average molecular weight is 206 g/mol. The highest BCUT2D eigenvalue weighted by molar-refractivity contribution is 5.68.